The van der Waals surface area contributed by atoms with Crippen LogP contribution in [0.4, 0.5) is 0 Å². The molecule has 0 aromatic rings. The lowest BCUT2D eigenvalue weighted by Gasteiger charge is -2.41. The maximum absolute atomic E-state index is 13.4. The highest BCUT2D eigenvalue weighted by atomic mass is 16.7. The molecule has 1 rings (SSSR count). The van der Waals surface area contributed by atoms with Gasteiger partial charge in [0.1, 0.15) is 24.4 Å². The van der Waals surface area contributed by atoms with Gasteiger partial charge in [-0.15, -0.1) is 0 Å². The molecule has 0 aromatic carbocycles. The van der Waals surface area contributed by atoms with Crippen LogP contribution in [-0.2, 0) is 23.8 Å². The first kappa shape index (κ1) is 72.6. The quantitative estimate of drug-likeness (QED) is 0.0149. The first-order valence-electron chi connectivity index (χ1n) is 31.6. The average Bonchev–Trinajstić information content (AvgIpc) is 3.44. The van der Waals surface area contributed by atoms with Gasteiger partial charge in [0.2, 0.25) is 5.91 Å². The van der Waals surface area contributed by atoms with Gasteiger partial charge in [-0.3, -0.25) is 9.59 Å². The van der Waals surface area contributed by atoms with E-state index < -0.39 is 67.4 Å². The van der Waals surface area contributed by atoms with Crippen molar-refractivity contribution in [2.75, 3.05) is 13.2 Å². The molecule has 0 radical (unpaired) electrons. The normalized spacial score (nSPS) is 19.6. The molecule has 0 saturated carbocycles. The fourth-order valence-corrected chi connectivity index (χ4v) is 9.38. The second kappa shape index (κ2) is 54.2. The lowest BCUT2D eigenvalue weighted by Crippen LogP contribution is -2.61. The Balaban J connectivity index is 2.69. The molecule has 8 atom stereocenters. The van der Waals surface area contributed by atoms with Crippen LogP contribution >= 0.6 is 0 Å². The molecule has 0 bridgehead atoms. The predicted molar refractivity (Wildman–Crippen MR) is 324 cm³/mol. The van der Waals surface area contributed by atoms with Crippen molar-refractivity contribution in [3.63, 3.8) is 0 Å². The van der Waals surface area contributed by atoms with E-state index in [9.17, 15) is 35.1 Å². The number of hydrogen-bond acceptors (Lipinski definition) is 10. The minimum atomic E-state index is -1.63. The third-order valence-corrected chi connectivity index (χ3v) is 14.4. The SMILES string of the molecule is CC\C=C/C=C/C=C/C=C\C=C\C=C\CCCCC(O)C(=O)NC(COC1OC(CO)C(O)C(O)C1OC(=O)CCCCCCCCCCCCC/C=C/CCCCCCCC)C(O)/C=C/CCCCCCCCCCCC. The second-order valence-corrected chi connectivity index (χ2v) is 21.6. The van der Waals surface area contributed by atoms with E-state index in [-0.39, 0.29) is 19.4 Å². The van der Waals surface area contributed by atoms with Gasteiger partial charge in [-0.05, 0) is 70.6 Å². The number of carbonyl (C=O) groups excluding carboxylic acids is 2. The summed E-state index contributed by atoms with van der Waals surface area (Å²) in [6.07, 6.45) is 61.6. The van der Waals surface area contributed by atoms with Crippen LogP contribution in [0.1, 0.15) is 252 Å². The van der Waals surface area contributed by atoms with Gasteiger partial charge in [-0.1, -0.05) is 272 Å². The molecule has 1 heterocycles. The molecule has 11 nitrogen and oxygen atoms in total. The van der Waals surface area contributed by atoms with Crippen LogP contribution in [0.25, 0.3) is 0 Å². The summed E-state index contributed by atoms with van der Waals surface area (Å²) in [5, 5.41) is 56.9. The van der Waals surface area contributed by atoms with Gasteiger partial charge >= 0.3 is 5.97 Å². The van der Waals surface area contributed by atoms with Crippen molar-refractivity contribution in [3.8, 4) is 0 Å². The van der Waals surface area contributed by atoms with Gasteiger partial charge in [-0.25, -0.2) is 0 Å². The van der Waals surface area contributed by atoms with Crippen molar-refractivity contribution in [1.29, 1.82) is 0 Å². The summed E-state index contributed by atoms with van der Waals surface area (Å²) in [4.78, 5) is 26.5. The summed E-state index contributed by atoms with van der Waals surface area (Å²) in [5.74, 6) is -1.24. The summed E-state index contributed by atoms with van der Waals surface area (Å²) in [5.41, 5.74) is 0. The molecule has 1 aliphatic rings. The Morgan fingerprint density at radius 1 is 0.513 bits per heavy atom. The van der Waals surface area contributed by atoms with Crippen LogP contribution in [0.2, 0.25) is 0 Å². The number of rotatable bonds is 52. The van der Waals surface area contributed by atoms with E-state index in [1.807, 2.05) is 72.9 Å². The Kier molecular flexibility index (Phi) is 50.4. The van der Waals surface area contributed by atoms with Gasteiger partial charge in [0.25, 0.3) is 0 Å². The number of nitrogens with one attached hydrogen (secondary N) is 1. The summed E-state index contributed by atoms with van der Waals surface area (Å²) in [6.45, 7) is 5.61. The molecule has 6 N–H and O–H groups in total. The van der Waals surface area contributed by atoms with Gasteiger partial charge in [-0.2, -0.15) is 0 Å². The summed E-state index contributed by atoms with van der Waals surface area (Å²) >= 11 is 0. The molecule has 0 aliphatic carbocycles. The maximum atomic E-state index is 13.4. The van der Waals surface area contributed by atoms with Crippen molar-refractivity contribution >= 4 is 11.9 Å². The van der Waals surface area contributed by atoms with Gasteiger partial charge in [0, 0.05) is 6.42 Å². The van der Waals surface area contributed by atoms with Crippen LogP contribution < -0.4 is 5.32 Å². The molecule has 8 unspecified atom stereocenters. The van der Waals surface area contributed by atoms with Crippen LogP contribution in [0.15, 0.2) is 97.2 Å². The minimum absolute atomic E-state index is 0.113. The Morgan fingerprint density at radius 3 is 1.42 bits per heavy atom. The van der Waals surface area contributed by atoms with E-state index in [4.69, 9.17) is 14.2 Å². The van der Waals surface area contributed by atoms with Gasteiger partial charge in [0.05, 0.1) is 25.4 Å². The topological polar surface area (TPSA) is 175 Å². The number of aliphatic hydroxyl groups excluding tert-OH is 5. The maximum Gasteiger partial charge on any atom is 0.306 e. The zero-order valence-corrected chi connectivity index (χ0v) is 49.5. The summed E-state index contributed by atoms with van der Waals surface area (Å²) in [7, 11) is 0. The van der Waals surface area contributed by atoms with E-state index in [1.165, 1.54) is 141 Å². The number of aliphatic hydroxyl groups is 5. The van der Waals surface area contributed by atoms with E-state index in [2.05, 4.69) is 44.3 Å². The molecule has 11 heteroatoms. The fourth-order valence-electron chi connectivity index (χ4n) is 9.38. The van der Waals surface area contributed by atoms with E-state index in [0.29, 0.717) is 12.8 Å². The first-order valence-corrected chi connectivity index (χ1v) is 31.6. The standard InChI is InChI=1S/C67H115NO10/c1-4-7-10-13-16-19-22-25-27-29-30-31-32-33-35-37-40-43-46-49-52-55-62(72)78-65-64(74)63(73)61(56-69)77-67(65)76-57-58(59(70)53-50-47-44-41-38-24-21-18-15-12-9-6-3)68-66(75)60(71)54-51-48-45-42-39-36-34-28-26-23-20-17-14-11-8-5-2/h8,11,14,17,20,23,25-28,34,36,39,42,50,53,58-61,63-65,67,69-71,73-74H,4-7,9-10,12-13,15-16,18-19,21-22,24,29-33,35,37-38,40-41,43-49,51-52,54-57H2,1-3H3,(H,68,75)/b11-8-,17-14+,23-20+,27-25+,28-26-,36-34+,42-39+,53-50+. The Bertz CT molecular complexity index is 1630. The lowest BCUT2D eigenvalue weighted by atomic mass is 9.99. The van der Waals surface area contributed by atoms with E-state index in [0.717, 1.165) is 64.2 Å². The molecular formula is C67H115NO10. The van der Waals surface area contributed by atoms with Crippen LogP contribution in [0.3, 0.4) is 0 Å². The molecular weight excluding hydrogens is 979 g/mol. The number of esters is 1. The van der Waals surface area contributed by atoms with Crippen molar-refractivity contribution in [2.45, 2.75) is 301 Å². The molecule has 1 aliphatic heterocycles. The second-order valence-electron chi connectivity index (χ2n) is 21.6. The zero-order chi connectivity index (χ0) is 56.8. The van der Waals surface area contributed by atoms with Crippen LogP contribution in [0, 0.1) is 0 Å². The summed E-state index contributed by atoms with van der Waals surface area (Å²) in [6, 6.07) is -1.05. The van der Waals surface area contributed by atoms with E-state index >= 15 is 0 Å². The zero-order valence-electron chi connectivity index (χ0n) is 49.5. The number of allylic oxidation sites excluding steroid dienone is 15. The fraction of sp³-hybridized carbons (Fsp3) is 0.731. The largest absolute Gasteiger partial charge is 0.454 e. The third-order valence-electron chi connectivity index (χ3n) is 14.4. The molecule has 0 aromatic heterocycles. The van der Waals surface area contributed by atoms with Gasteiger partial charge in [0.15, 0.2) is 12.4 Å². The molecule has 0 spiro atoms. The number of unbranched alkanes of at least 4 members (excludes halogenated alkanes) is 29. The summed E-state index contributed by atoms with van der Waals surface area (Å²) < 4.78 is 17.6. The Labute approximate surface area is 475 Å². The first-order chi connectivity index (χ1) is 38.2. The highest BCUT2D eigenvalue weighted by molar-refractivity contribution is 5.80. The number of hydrogen-bond donors (Lipinski definition) is 6. The van der Waals surface area contributed by atoms with Crippen molar-refractivity contribution < 1.29 is 49.3 Å². The van der Waals surface area contributed by atoms with E-state index in [1.54, 1.807) is 6.08 Å². The van der Waals surface area contributed by atoms with Crippen LogP contribution in [0.5, 0.6) is 0 Å². The Hall–Kier alpha value is -3.42. The molecule has 78 heavy (non-hydrogen) atoms. The third kappa shape index (κ3) is 41.6. The van der Waals surface area contributed by atoms with Crippen molar-refractivity contribution in [1.82, 2.24) is 5.32 Å². The molecule has 1 fully saturated rings. The number of ether oxygens (including phenoxy) is 3. The predicted octanol–water partition coefficient (Wildman–Crippen LogP) is 15.1. The lowest BCUT2D eigenvalue weighted by molar-refractivity contribution is -0.305. The van der Waals surface area contributed by atoms with Crippen molar-refractivity contribution in [3.05, 3.63) is 97.2 Å². The van der Waals surface area contributed by atoms with Crippen LogP contribution in [-0.4, -0.2) is 99.6 Å². The molecule has 1 amide bonds. The molecule has 1 saturated heterocycles. The average molecular weight is 1090 g/mol. The highest BCUT2D eigenvalue weighted by Gasteiger charge is 2.47. The monoisotopic (exact) mass is 1090 g/mol. The number of carbonyl (C=O) groups is 2. The smallest absolute Gasteiger partial charge is 0.306 e. The highest BCUT2D eigenvalue weighted by Crippen LogP contribution is 2.26. The molecule has 448 valence electrons. The Morgan fingerprint density at radius 2 is 0.936 bits per heavy atom. The number of amides is 1. The van der Waals surface area contributed by atoms with Crippen molar-refractivity contribution in [2.24, 2.45) is 0 Å². The minimum Gasteiger partial charge on any atom is -0.454 e. The van der Waals surface area contributed by atoms with Gasteiger partial charge < -0.3 is 45.1 Å².